The summed E-state index contributed by atoms with van der Waals surface area (Å²) in [5.74, 6) is -0.0193. The van der Waals surface area contributed by atoms with E-state index in [4.69, 9.17) is 0 Å². The smallest absolute Gasteiger partial charge is 0.328 e. The highest BCUT2D eigenvalue weighted by Gasteiger charge is 2.41. The van der Waals surface area contributed by atoms with E-state index in [1.807, 2.05) is 49.4 Å². The summed E-state index contributed by atoms with van der Waals surface area (Å²) >= 11 is 0. The second kappa shape index (κ2) is 14.9. The predicted molar refractivity (Wildman–Crippen MR) is 137 cm³/mol. The largest absolute Gasteiger partial charge is 0.480 e. The van der Waals surface area contributed by atoms with Crippen molar-refractivity contribution >= 4 is 5.97 Å². The molecule has 2 aromatic rings. The molecule has 1 fully saturated rings. The molecule has 3 N–H and O–H groups in total. The molecule has 5 heteroatoms. The monoisotopic (exact) mass is 471 g/mol. The first-order valence-corrected chi connectivity index (χ1v) is 13.0. The van der Waals surface area contributed by atoms with Gasteiger partial charge < -0.3 is 10.4 Å². The molecule has 34 heavy (non-hydrogen) atoms. The van der Waals surface area contributed by atoms with Gasteiger partial charge in [-0.2, -0.15) is 0 Å². The molecule has 4 nitrogen and oxygen atoms in total. The molecule has 2 aromatic carbocycles. The Morgan fingerprint density at radius 2 is 1.62 bits per heavy atom. The molecule has 1 atom stereocenters. The summed E-state index contributed by atoms with van der Waals surface area (Å²) in [6.45, 7) is 10.4. The van der Waals surface area contributed by atoms with Crippen LogP contribution in [-0.4, -0.2) is 42.2 Å². The number of aliphatic carboxylic acids is 1. The number of nitrogens with zero attached hydrogens (tertiary/aromatic N) is 1. The van der Waals surface area contributed by atoms with Gasteiger partial charge in [-0.1, -0.05) is 75.6 Å². The zero-order valence-corrected chi connectivity index (χ0v) is 21.3. The van der Waals surface area contributed by atoms with E-state index in [1.165, 1.54) is 37.8 Å². The fourth-order valence-electron chi connectivity index (χ4n) is 4.66. The van der Waals surface area contributed by atoms with E-state index in [1.54, 1.807) is 12.1 Å². The molecule has 0 radical (unpaired) electrons. The summed E-state index contributed by atoms with van der Waals surface area (Å²) in [4.78, 5) is 13.8. The van der Waals surface area contributed by atoms with Crippen molar-refractivity contribution in [3.05, 3.63) is 71.5 Å². The lowest BCUT2D eigenvalue weighted by molar-refractivity contribution is -0.655. The van der Waals surface area contributed by atoms with Crippen LogP contribution in [-0.2, 0) is 16.8 Å². The van der Waals surface area contributed by atoms with Gasteiger partial charge in [-0.25, -0.2) is 9.18 Å². The van der Waals surface area contributed by atoms with Gasteiger partial charge in [0.1, 0.15) is 11.4 Å². The Balaban J connectivity index is 0.000000240. The number of likely N-dealkylation sites (tertiary alicyclic amines) is 1. The summed E-state index contributed by atoms with van der Waals surface area (Å²) in [5.41, 5.74) is 1.21. The molecule has 1 saturated heterocycles. The average molecular weight is 472 g/mol. The molecule has 0 spiro atoms. The van der Waals surface area contributed by atoms with E-state index in [9.17, 15) is 14.3 Å². The minimum absolute atomic E-state index is 0.147. The Kier molecular flexibility index (Phi) is 12.3. The summed E-state index contributed by atoms with van der Waals surface area (Å²) in [5, 5.41) is 12.0. The van der Waals surface area contributed by atoms with Crippen molar-refractivity contribution in [2.75, 3.05) is 26.2 Å². The lowest BCUT2D eigenvalue weighted by atomic mass is 9.88. The second-order valence-electron chi connectivity index (χ2n) is 9.50. The predicted octanol–water partition coefficient (Wildman–Crippen LogP) is 5.23. The number of carbonyl (C=O) groups is 1. The lowest BCUT2D eigenvalue weighted by Crippen LogP contribution is -2.84. The maximum absolute atomic E-state index is 12.7. The Labute approximate surface area is 205 Å². The standard InChI is InChI=1S/C15H24FN.C14H19NO2/c1-3-13(4-2)9-11-17-12-10-14-5-7-15(16)8-6-14;1-14(13(16)17,12-8-4-2-5-9-12)15-10-6-3-7-11-15/h5-8,13,17H,3-4,9-12H2,1-2H3;2,4-5,8-9H,3,6-7,10-11H2,1H3,(H,16,17)/p+1. The third-order valence-electron chi connectivity index (χ3n) is 7.22. The number of nitrogens with two attached hydrogens (primary N) is 1. The number of hydrogen-bond acceptors (Lipinski definition) is 2. The van der Waals surface area contributed by atoms with Crippen molar-refractivity contribution in [3.63, 3.8) is 0 Å². The number of hydrogen-bond donors (Lipinski definition) is 2. The molecule has 1 heterocycles. The maximum atomic E-state index is 12.7. The molecule has 0 aromatic heterocycles. The molecule has 1 unspecified atom stereocenters. The molecule has 3 rings (SSSR count). The number of halogens is 1. The SMILES string of the molecule is CC(C(=O)O)(c1ccccc1)N1CCCCC1.CCC(CC)CC[NH2+]CCc1ccc(F)cc1. The van der Waals surface area contributed by atoms with Crippen LogP contribution in [0, 0.1) is 11.7 Å². The van der Waals surface area contributed by atoms with Crippen LogP contribution < -0.4 is 5.32 Å². The number of benzene rings is 2. The van der Waals surface area contributed by atoms with Gasteiger partial charge in [0, 0.05) is 6.42 Å². The van der Waals surface area contributed by atoms with E-state index < -0.39 is 11.5 Å². The third kappa shape index (κ3) is 8.52. The Morgan fingerprint density at radius 1 is 1.00 bits per heavy atom. The van der Waals surface area contributed by atoms with Crippen LogP contribution in [0.25, 0.3) is 0 Å². The fraction of sp³-hybridized carbons (Fsp3) is 0.552. The normalized spacial score (nSPS) is 15.9. The van der Waals surface area contributed by atoms with Gasteiger partial charge in [0.25, 0.3) is 0 Å². The molecule has 0 amide bonds. The molecular weight excluding hydrogens is 427 g/mol. The van der Waals surface area contributed by atoms with E-state index in [2.05, 4.69) is 24.1 Å². The Hall–Kier alpha value is -2.24. The first-order chi connectivity index (χ1) is 16.4. The van der Waals surface area contributed by atoms with Gasteiger partial charge in [-0.3, -0.25) is 4.90 Å². The summed E-state index contributed by atoms with van der Waals surface area (Å²) < 4.78 is 12.7. The second-order valence-corrected chi connectivity index (χ2v) is 9.50. The van der Waals surface area contributed by atoms with Crippen molar-refractivity contribution in [1.82, 2.24) is 4.90 Å². The number of piperidine rings is 1. The van der Waals surface area contributed by atoms with Crippen LogP contribution in [0.15, 0.2) is 54.6 Å². The van der Waals surface area contributed by atoms with Crippen molar-refractivity contribution in [2.45, 2.75) is 71.3 Å². The van der Waals surface area contributed by atoms with Gasteiger partial charge in [0.05, 0.1) is 13.1 Å². The lowest BCUT2D eigenvalue weighted by Gasteiger charge is -2.40. The zero-order valence-electron chi connectivity index (χ0n) is 21.3. The van der Waals surface area contributed by atoms with E-state index in [0.29, 0.717) is 0 Å². The maximum Gasteiger partial charge on any atom is 0.328 e. The molecular formula is C29H44FN2O2+. The molecule has 1 aliphatic heterocycles. The van der Waals surface area contributed by atoms with Gasteiger partial charge in [-0.05, 0) is 68.5 Å². The van der Waals surface area contributed by atoms with Gasteiger partial charge >= 0.3 is 5.97 Å². The first-order valence-electron chi connectivity index (χ1n) is 13.0. The van der Waals surface area contributed by atoms with Gasteiger partial charge in [-0.15, -0.1) is 0 Å². The average Bonchev–Trinajstić information content (AvgIpc) is 2.88. The summed E-state index contributed by atoms with van der Waals surface area (Å²) in [6, 6.07) is 16.4. The molecule has 0 aliphatic carbocycles. The Morgan fingerprint density at radius 3 is 2.18 bits per heavy atom. The highest BCUT2D eigenvalue weighted by atomic mass is 19.1. The van der Waals surface area contributed by atoms with Crippen molar-refractivity contribution < 1.29 is 19.6 Å². The van der Waals surface area contributed by atoms with Crippen molar-refractivity contribution in [2.24, 2.45) is 5.92 Å². The number of rotatable bonds is 11. The van der Waals surface area contributed by atoms with Gasteiger partial charge in [0.2, 0.25) is 0 Å². The van der Waals surface area contributed by atoms with Gasteiger partial charge in [0.15, 0.2) is 0 Å². The third-order valence-corrected chi connectivity index (χ3v) is 7.22. The summed E-state index contributed by atoms with van der Waals surface area (Å²) in [7, 11) is 0. The van der Waals surface area contributed by atoms with E-state index in [-0.39, 0.29) is 5.82 Å². The van der Waals surface area contributed by atoms with Crippen LogP contribution in [0.3, 0.4) is 0 Å². The molecule has 0 saturated carbocycles. The number of carboxylic acids is 1. The molecule has 188 valence electrons. The highest BCUT2D eigenvalue weighted by Crippen LogP contribution is 2.31. The van der Waals surface area contributed by atoms with E-state index in [0.717, 1.165) is 50.4 Å². The number of quaternary nitrogens is 1. The van der Waals surface area contributed by atoms with Crippen molar-refractivity contribution in [1.29, 1.82) is 0 Å². The minimum atomic E-state index is -0.887. The first kappa shape index (κ1) is 28.0. The van der Waals surface area contributed by atoms with Crippen LogP contribution in [0.1, 0.15) is 70.4 Å². The van der Waals surface area contributed by atoms with Crippen LogP contribution in [0.4, 0.5) is 4.39 Å². The topological polar surface area (TPSA) is 57.1 Å². The minimum Gasteiger partial charge on any atom is -0.480 e. The zero-order chi connectivity index (χ0) is 24.8. The Bertz CT molecular complexity index is 818. The quantitative estimate of drug-likeness (QED) is 0.441. The van der Waals surface area contributed by atoms with Crippen LogP contribution in [0.2, 0.25) is 0 Å². The molecule has 1 aliphatic rings. The van der Waals surface area contributed by atoms with E-state index >= 15 is 0 Å². The number of carboxylic acid groups (broad SMARTS) is 1. The fourth-order valence-corrected chi connectivity index (χ4v) is 4.66. The van der Waals surface area contributed by atoms with Crippen LogP contribution in [0.5, 0.6) is 0 Å². The van der Waals surface area contributed by atoms with Crippen molar-refractivity contribution in [3.8, 4) is 0 Å². The highest BCUT2D eigenvalue weighted by molar-refractivity contribution is 5.80. The van der Waals surface area contributed by atoms with Crippen LogP contribution >= 0.6 is 0 Å². The molecule has 0 bridgehead atoms. The summed E-state index contributed by atoms with van der Waals surface area (Å²) in [6.07, 6.45) is 8.33.